The van der Waals surface area contributed by atoms with Gasteiger partial charge in [0.05, 0.1) is 27.9 Å². The van der Waals surface area contributed by atoms with E-state index in [4.69, 9.17) is 14.2 Å². The molecule has 1 amide bonds. The molecule has 0 aliphatic rings. The van der Waals surface area contributed by atoms with Gasteiger partial charge in [0.25, 0.3) is 0 Å². The van der Waals surface area contributed by atoms with E-state index in [9.17, 15) is 4.79 Å². The summed E-state index contributed by atoms with van der Waals surface area (Å²) in [5.74, 6) is 1.52. The number of nitrogens with zero attached hydrogens (tertiary/aromatic N) is 1. The third kappa shape index (κ3) is 5.33. The van der Waals surface area contributed by atoms with E-state index in [1.165, 1.54) is 0 Å². The Kier molecular flexibility index (Phi) is 7.31. The highest BCUT2D eigenvalue weighted by molar-refractivity contribution is 5.81. The average molecular weight is 311 g/mol. The quantitative estimate of drug-likeness (QED) is 0.703. The third-order valence-electron chi connectivity index (χ3n) is 3.00. The molecular weight excluding hydrogens is 286 g/mol. The number of anilines is 1. The molecule has 0 spiro atoms. The number of nitrogens with one attached hydrogen (secondary N) is 2. The zero-order valence-electron chi connectivity index (χ0n) is 13.9. The van der Waals surface area contributed by atoms with E-state index in [2.05, 4.69) is 10.6 Å². The fourth-order valence-electron chi connectivity index (χ4n) is 1.85. The molecule has 1 aromatic rings. The van der Waals surface area contributed by atoms with E-state index >= 15 is 0 Å². The van der Waals surface area contributed by atoms with Crippen LogP contribution in [0.25, 0.3) is 0 Å². The monoisotopic (exact) mass is 311 g/mol. The first kappa shape index (κ1) is 17.9. The van der Waals surface area contributed by atoms with Gasteiger partial charge in [0.15, 0.2) is 11.5 Å². The van der Waals surface area contributed by atoms with Crippen molar-refractivity contribution >= 4 is 11.6 Å². The molecule has 0 radical (unpaired) electrons. The lowest BCUT2D eigenvalue weighted by Crippen LogP contribution is -2.35. The fourth-order valence-corrected chi connectivity index (χ4v) is 1.85. The minimum absolute atomic E-state index is 0.0735. The Morgan fingerprint density at radius 2 is 1.68 bits per heavy atom. The molecule has 22 heavy (non-hydrogen) atoms. The molecule has 0 saturated heterocycles. The van der Waals surface area contributed by atoms with Crippen LogP contribution in [0.3, 0.4) is 0 Å². The summed E-state index contributed by atoms with van der Waals surface area (Å²) in [6.45, 7) is 1.59. The lowest BCUT2D eigenvalue weighted by molar-refractivity contribution is -0.119. The molecule has 0 aromatic heterocycles. The first-order chi connectivity index (χ1) is 10.5. The second-order valence-electron chi connectivity index (χ2n) is 4.92. The molecule has 2 N–H and O–H groups in total. The summed E-state index contributed by atoms with van der Waals surface area (Å²) in [6.07, 6.45) is 0. The van der Waals surface area contributed by atoms with E-state index in [1.807, 2.05) is 19.0 Å². The van der Waals surface area contributed by atoms with Crippen LogP contribution in [0.1, 0.15) is 0 Å². The predicted molar refractivity (Wildman–Crippen MR) is 86.2 cm³/mol. The van der Waals surface area contributed by atoms with Crippen LogP contribution in [0.15, 0.2) is 12.1 Å². The highest BCUT2D eigenvalue weighted by Gasteiger charge is 2.13. The van der Waals surface area contributed by atoms with Crippen molar-refractivity contribution in [3.05, 3.63) is 12.1 Å². The van der Waals surface area contributed by atoms with Crippen LogP contribution in [0, 0.1) is 0 Å². The Bertz CT molecular complexity index is 467. The number of hydrogen-bond acceptors (Lipinski definition) is 6. The van der Waals surface area contributed by atoms with Crippen LogP contribution in [-0.4, -0.2) is 65.9 Å². The largest absolute Gasteiger partial charge is 0.493 e. The maximum Gasteiger partial charge on any atom is 0.239 e. The number of rotatable bonds is 9. The Hall–Kier alpha value is -2.15. The Morgan fingerprint density at radius 3 is 2.14 bits per heavy atom. The molecule has 0 aliphatic heterocycles. The van der Waals surface area contributed by atoms with Crippen LogP contribution in [-0.2, 0) is 4.79 Å². The fraction of sp³-hybridized carbons (Fsp3) is 0.533. The van der Waals surface area contributed by atoms with E-state index in [-0.39, 0.29) is 12.5 Å². The molecule has 7 nitrogen and oxygen atoms in total. The van der Waals surface area contributed by atoms with Crippen molar-refractivity contribution in [3.8, 4) is 17.2 Å². The summed E-state index contributed by atoms with van der Waals surface area (Å²) in [7, 11) is 8.57. The Balaban J connectivity index is 2.64. The zero-order chi connectivity index (χ0) is 16.5. The van der Waals surface area contributed by atoms with Crippen molar-refractivity contribution in [1.29, 1.82) is 0 Å². The highest BCUT2D eigenvalue weighted by Crippen LogP contribution is 2.39. The molecule has 0 fully saturated rings. The average Bonchev–Trinajstić information content (AvgIpc) is 2.51. The summed E-state index contributed by atoms with van der Waals surface area (Å²) in [5.41, 5.74) is 0.720. The van der Waals surface area contributed by atoms with Gasteiger partial charge in [0.2, 0.25) is 11.7 Å². The smallest absolute Gasteiger partial charge is 0.239 e. The molecule has 0 unspecified atom stereocenters. The van der Waals surface area contributed by atoms with Gasteiger partial charge in [-0.25, -0.2) is 0 Å². The first-order valence-corrected chi connectivity index (χ1v) is 6.97. The minimum Gasteiger partial charge on any atom is -0.493 e. The van der Waals surface area contributed by atoms with Crippen molar-refractivity contribution in [2.75, 3.05) is 60.4 Å². The number of carbonyl (C=O) groups excluding carboxylic acids is 1. The third-order valence-corrected chi connectivity index (χ3v) is 3.00. The number of amides is 1. The number of likely N-dealkylation sites (N-methyl/N-ethyl adjacent to an activating group) is 1. The van der Waals surface area contributed by atoms with Gasteiger partial charge in [0, 0.05) is 30.9 Å². The van der Waals surface area contributed by atoms with Crippen molar-refractivity contribution < 1.29 is 19.0 Å². The van der Waals surface area contributed by atoms with Gasteiger partial charge in [-0.3, -0.25) is 4.79 Å². The van der Waals surface area contributed by atoms with Crippen LogP contribution in [0.5, 0.6) is 17.2 Å². The number of hydrogen-bond donors (Lipinski definition) is 2. The number of methoxy groups -OCH3 is 3. The summed E-state index contributed by atoms with van der Waals surface area (Å²) < 4.78 is 15.8. The van der Waals surface area contributed by atoms with Crippen molar-refractivity contribution in [2.45, 2.75) is 0 Å². The molecule has 1 aromatic carbocycles. The van der Waals surface area contributed by atoms with E-state index in [0.29, 0.717) is 23.8 Å². The number of ether oxygens (including phenoxy) is 3. The highest BCUT2D eigenvalue weighted by atomic mass is 16.5. The molecular formula is C15H25N3O4. The van der Waals surface area contributed by atoms with Crippen LogP contribution >= 0.6 is 0 Å². The zero-order valence-corrected chi connectivity index (χ0v) is 13.9. The Morgan fingerprint density at radius 1 is 1.09 bits per heavy atom. The van der Waals surface area contributed by atoms with Gasteiger partial charge in [-0.2, -0.15) is 0 Å². The lowest BCUT2D eigenvalue weighted by Gasteiger charge is -2.15. The van der Waals surface area contributed by atoms with E-state index < -0.39 is 0 Å². The molecule has 124 valence electrons. The maximum absolute atomic E-state index is 11.8. The van der Waals surface area contributed by atoms with E-state index in [1.54, 1.807) is 33.5 Å². The number of benzene rings is 1. The lowest BCUT2D eigenvalue weighted by atomic mass is 10.2. The standard InChI is InChI=1S/C15H25N3O4/c1-18(2)7-6-16-14(19)10-17-11-8-12(20-3)15(22-5)13(9-11)21-4/h8-9,17H,6-7,10H2,1-5H3,(H,16,19). The molecule has 7 heteroatoms. The van der Waals surface area contributed by atoms with Gasteiger partial charge >= 0.3 is 0 Å². The molecule has 0 bridgehead atoms. The first-order valence-electron chi connectivity index (χ1n) is 6.97. The molecule has 0 aliphatic carbocycles. The van der Waals surface area contributed by atoms with Gasteiger partial charge in [-0.1, -0.05) is 0 Å². The van der Waals surface area contributed by atoms with Crippen molar-refractivity contribution in [3.63, 3.8) is 0 Å². The predicted octanol–water partition coefficient (Wildman–Crippen LogP) is 0.802. The second-order valence-corrected chi connectivity index (χ2v) is 4.92. The molecule has 0 heterocycles. The molecule has 0 atom stereocenters. The van der Waals surface area contributed by atoms with Crippen LogP contribution in [0.4, 0.5) is 5.69 Å². The van der Waals surface area contributed by atoms with Crippen molar-refractivity contribution in [2.24, 2.45) is 0 Å². The number of carbonyl (C=O) groups is 1. The normalized spacial score (nSPS) is 10.3. The van der Waals surface area contributed by atoms with Gasteiger partial charge in [-0.05, 0) is 14.1 Å². The SMILES string of the molecule is COc1cc(NCC(=O)NCCN(C)C)cc(OC)c1OC. The summed E-state index contributed by atoms with van der Waals surface area (Å²) >= 11 is 0. The molecule has 1 rings (SSSR count). The Labute approximate surface area is 131 Å². The van der Waals surface area contributed by atoms with Gasteiger partial charge in [-0.15, -0.1) is 0 Å². The summed E-state index contributed by atoms with van der Waals surface area (Å²) in [6, 6.07) is 3.52. The maximum atomic E-state index is 11.8. The second kappa shape index (κ2) is 8.99. The topological polar surface area (TPSA) is 72.1 Å². The molecule has 0 saturated carbocycles. The van der Waals surface area contributed by atoms with Crippen molar-refractivity contribution in [1.82, 2.24) is 10.2 Å². The van der Waals surface area contributed by atoms with E-state index in [0.717, 1.165) is 12.2 Å². The summed E-state index contributed by atoms with van der Waals surface area (Å²) in [5, 5.41) is 5.88. The van der Waals surface area contributed by atoms with Crippen LogP contribution in [0.2, 0.25) is 0 Å². The van der Waals surface area contributed by atoms with Crippen LogP contribution < -0.4 is 24.8 Å². The minimum atomic E-state index is -0.0735. The summed E-state index contributed by atoms with van der Waals surface area (Å²) in [4.78, 5) is 13.8. The van der Waals surface area contributed by atoms with Gasteiger partial charge < -0.3 is 29.7 Å². The van der Waals surface area contributed by atoms with Gasteiger partial charge in [0.1, 0.15) is 0 Å².